The molecule has 7 rings (SSSR count). The van der Waals surface area contributed by atoms with Crippen molar-refractivity contribution in [3.8, 4) is 34.5 Å². The Kier molecular flexibility index (Phi) is 14.1. The van der Waals surface area contributed by atoms with Crippen molar-refractivity contribution in [2.75, 3.05) is 40.4 Å². The number of hydrogen-bond acceptors (Lipinski definition) is 12. The van der Waals surface area contributed by atoms with E-state index in [1.807, 2.05) is 46.9 Å². The second-order valence-corrected chi connectivity index (χ2v) is 19.6. The summed E-state index contributed by atoms with van der Waals surface area (Å²) in [6.07, 6.45) is 3.03. The lowest BCUT2D eigenvalue weighted by atomic mass is 9.84. The lowest BCUT2D eigenvalue weighted by Crippen LogP contribution is -2.62. The monoisotopic (exact) mass is 907 g/mol. The number of carbonyl (C=O) groups excluding carboxylic acids is 5. The zero-order chi connectivity index (χ0) is 46.9. The van der Waals surface area contributed by atoms with Gasteiger partial charge in [-0.2, -0.15) is 4.37 Å². The Morgan fingerprint density at radius 3 is 2.63 bits per heavy atom. The number of esters is 1. The molecule has 6 bridgehead atoms. The molecular formula is C48H61N9O7S. The number of rotatable bonds is 8. The fraction of sp³-hybridized carbons (Fsp3) is 0.542. The number of methoxy groups -OCH3 is 1. The van der Waals surface area contributed by atoms with Crippen molar-refractivity contribution < 1.29 is 33.4 Å². The van der Waals surface area contributed by atoms with Gasteiger partial charge in [-0.25, -0.2) is 10.4 Å². The van der Waals surface area contributed by atoms with E-state index in [-0.39, 0.29) is 49.3 Å². The molecule has 1 aromatic carbocycles. The maximum Gasteiger partial charge on any atom is 0.324 e. The number of aromatic nitrogens is 4. The number of amides is 4. The Hall–Kier alpha value is -5.70. The van der Waals surface area contributed by atoms with Crippen LogP contribution in [0.2, 0.25) is 0 Å². The van der Waals surface area contributed by atoms with Crippen LogP contribution in [0.3, 0.4) is 0 Å². The molecule has 346 valence electrons. The summed E-state index contributed by atoms with van der Waals surface area (Å²) < 4.78 is 18.8. The minimum atomic E-state index is -1.13. The summed E-state index contributed by atoms with van der Waals surface area (Å²) in [5, 5.41) is 5.89. The second kappa shape index (κ2) is 19.4. The van der Waals surface area contributed by atoms with E-state index in [2.05, 4.69) is 59.2 Å². The maximum atomic E-state index is 14.6. The van der Waals surface area contributed by atoms with Crippen LogP contribution in [0.5, 0.6) is 0 Å². The molecule has 2 N–H and O–H groups in total. The topological polar surface area (TPSA) is 181 Å². The molecular weight excluding hydrogens is 847 g/mol. The summed E-state index contributed by atoms with van der Waals surface area (Å²) in [6.45, 7) is 14.3. The SMILES string of the molecule is CC#CC(=O)N1C[C@H](C)[C@H](C(=O)N(C)[C@H](C(=O)N[C@H]2Cc3nc(ns3)-c3ccc4c(c3)c(c(-c3cccnc3[C@H](C)OC)n4C)CC(C)(C)COC(=O)[C@@H]3CCCN(N3)C2=O)C(C)C)C1. The molecule has 3 aliphatic rings. The van der Waals surface area contributed by atoms with Gasteiger partial charge < -0.3 is 29.2 Å². The number of hydrazine groups is 1. The first-order chi connectivity index (χ1) is 30.9. The number of aryl methyl sites for hydroxylation is 1. The van der Waals surface area contributed by atoms with Gasteiger partial charge in [0.25, 0.3) is 11.8 Å². The van der Waals surface area contributed by atoms with Crippen LogP contribution in [0.1, 0.15) is 83.7 Å². The van der Waals surface area contributed by atoms with Crippen LogP contribution in [0.15, 0.2) is 36.5 Å². The number of benzene rings is 1. The number of nitrogens with one attached hydrogen (secondary N) is 2. The predicted molar refractivity (Wildman–Crippen MR) is 247 cm³/mol. The fourth-order valence-corrected chi connectivity index (χ4v) is 10.2. The van der Waals surface area contributed by atoms with Crippen LogP contribution in [0.25, 0.3) is 33.5 Å². The third kappa shape index (κ3) is 9.80. The largest absolute Gasteiger partial charge is 0.464 e. The fourth-order valence-electron chi connectivity index (χ4n) is 9.49. The van der Waals surface area contributed by atoms with Gasteiger partial charge in [0.1, 0.15) is 23.1 Å². The molecule has 0 saturated carbocycles. The highest BCUT2D eigenvalue weighted by Crippen LogP contribution is 2.41. The van der Waals surface area contributed by atoms with Crippen LogP contribution in [0, 0.1) is 35.0 Å². The van der Waals surface area contributed by atoms with Gasteiger partial charge in [0.05, 0.1) is 30.0 Å². The Morgan fingerprint density at radius 1 is 1.14 bits per heavy atom. The summed E-state index contributed by atoms with van der Waals surface area (Å²) in [5.41, 5.74) is 8.13. The van der Waals surface area contributed by atoms with Crippen LogP contribution in [-0.2, 0) is 53.3 Å². The molecule has 0 unspecified atom stereocenters. The van der Waals surface area contributed by atoms with Gasteiger partial charge in [0.2, 0.25) is 11.8 Å². The molecule has 6 heterocycles. The van der Waals surface area contributed by atoms with Gasteiger partial charge in [-0.3, -0.25) is 34.0 Å². The molecule has 65 heavy (non-hydrogen) atoms. The zero-order valence-corrected chi connectivity index (χ0v) is 39.9. The van der Waals surface area contributed by atoms with Gasteiger partial charge >= 0.3 is 5.97 Å². The van der Waals surface area contributed by atoms with Crippen molar-refractivity contribution in [2.45, 2.75) is 98.4 Å². The van der Waals surface area contributed by atoms with E-state index in [4.69, 9.17) is 23.8 Å². The van der Waals surface area contributed by atoms with Crippen molar-refractivity contribution in [3.05, 3.63) is 52.8 Å². The highest BCUT2D eigenvalue weighted by molar-refractivity contribution is 7.05. The normalized spacial score (nSPS) is 22.1. The summed E-state index contributed by atoms with van der Waals surface area (Å²) in [4.78, 5) is 82.3. The molecule has 4 amide bonds. The molecule has 2 saturated heterocycles. The number of ether oxygens (including phenoxy) is 2. The minimum Gasteiger partial charge on any atom is -0.464 e. The predicted octanol–water partition coefficient (Wildman–Crippen LogP) is 4.72. The summed E-state index contributed by atoms with van der Waals surface area (Å²) in [6, 6.07) is 7.23. The van der Waals surface area contributed by atoms with Crippen LogP contribution in [-0.4, -0.2) is 122 Å². The summed E-state index contributed by atoms with van der Waals surface area (Å²) in [7, 11) is 5.30. The number of carbonyl (C=O) groups is 5. The Bertz CT molecular complexity index is 2540. The Morgan fingerprint density at radius 2 is 1.91 bits per heavy atom. The molecule has 6 atom stereocenters. The molecule has 4 aromatic rings. The van der Waals surface area contributed by atoms with Crippen molar-refractivity contribution in [1.82, 2.24) is 44.5 Å². The molecule has 17 heteroatoms. The van der Waals surface area contributed by atoms with Crippen LogP contribution in [0.4, 0.5) is 0 Å². The van der Waals surface area contributed by atoms with Crippen molar-refractivity contribution in [3.63, 3.8) is 0 Å². The van der Waals surface area contributed by atoms with Crippen LogP contribution < -0.4 is 10.7 Å². The number of hydrogen-bond donors (Lipinski definition) is 2. The van der Waals surface area contributed by atoms with E-state index in [0.717, 1.165) is 50.5 Å². The number of nitrogens with zero attached hydrogens (tertiary/aromatic N) is 7. The summed E-state index contributed by atoms with van der Waals surface area (Å²) >= 11 is 1.15. The molecule has 16 nitrogen and oxygen atoms in total. The Balaban J connectivity index is 1.25. The average molecular weight is 908 g/mol. The first kappa shape index (κ1) is 47.3. The van der Waals surface area contributed by atoms with E-state index < -0.39 is 47.2 Å². The van der Waals surface area contributed by atoms with E-state index in [1.165, 1.54) is 9.91 Å². The number of likely N-dealkylation sites (tertiary alicyclic amines) is 1. The number of cyclic esters (lactones) is 1. The maximum absolute atomic E-state index is 14.6. The molecule has 0 spiro atoms. The third-order valence-electron chi connectivity index (χ3n) is 13.0. The first-order valence-electron chi connectivity index (χ1n) is 22.4. The van der Waals surface area contributed by atoms with Crippen molar-refractivity contribution in [2.24, 2.45) is 30.2 Å². The average Bonchev–Trinajstić information content (AvgIpc) is 3.99. The molecule has 3 aliphatic heterocycles. The second-order valence-electron chi connectivity index (χ2n) is 18.8. The van der Waals surface area contributed by atoms with Crippen molar-refractivity contribution in [1.29, 1.82) is 0 Å². The lowest BCUT2D eigenvalue weighted by Gasteiger charge is -2.37. The zero-order valence-electron chi connectivity index (χ0n) is 39.1. The molecule has 2 fully saturated rings. The Labute approximate surface area is 384 Å². The van der Waals surface area contributed by atoms with Crippen molar-refractivity contribution >= 4 is 52.0 Å². The van der Waals surface area contributed by atoms with Gasteiger partial charge in [0.15, 0.2) is 5.82 Å². The molecule has 0 radical (unpaired) electrons. The van der Waals surface area contributed by atoms with Gasteiger partial charge in [-0.1, -0.05) is 40.5 Å². The van der Waals surface area contributed by atoms with Crippen LogP contribution >= 0.6 is 11.5 Å². The lowest BCUT2D eigenvalue weighted by molar-refractivity contribution is -0.155. The highest BCUT2D eigenvalue weighted by atomic mass is 32.1. The van der Waals surface area contributed by atoms with E-state index in [9.17, 15) is 24.0 Å². The number of likely N-dealkylation sites (N-methyl/N-ethyl adjacent to an activating group) is 1. The van der Waals surface area contributed by atoms with E-state index in [1.54, 1.807) is 32.2 Å². The quantitative estimate of drug-likeness (QED) is 0.185. The van der Waals surface area contributed by atoms with Gasteiger partial charge in [0, 0.05) is 80.9 Å². The highest BCUT2D eigenvalue weighted by Gasteiger charge is 2.43. The molecule has 3 aromatic heterocycles. The minimum absolute atomic E-state index is 0.00579. The van der Waals surface area contributed by atoms with E-state index in [0.29, 0.717) is 43.2 Å². The molecule has 0 aliphatic carbocycles. The van der Waals surface area contributed by atoms with Gasteiger partial charge in [-0.05, 0) is 98.3 Å². The number of fused-ring (bicyclic) bond motifs is 6. The number of pyridine rings is 1. The summed E-state index contributed by atoms with van der Waals surface area (Å²) in [5.74, 6) is 2.60. The third-order valence-corrected chi connectivity index (χ3v) is 13.7. The van der Waals surface area contributed by atoms with E-state index >= 15 is 0 Å². The standard InChI is InChI=1S/C48H61N9O7S/c1-11-14-39(58)56-24-28(4)34(25-56)45(60)55(9)41(27(2)3)44(59)50-36-22-38-51-43(53-65-38)30-17-18-37-32(21-30)33(42(54(37)8)31-15-12-19-49-40(31)29(5)63-10)23-48(6,7)26-64-47(62)35-16-13-20-57(52-35)46(36)61/h12,15,17-19,21,27-29,34-36,41,52H,13,16,20,22-26H2,1-10H3,(H,50,59)/t28-,29-,34+,35-,36-,41-/m0/s1. The van der Waals surface area contributed by atoms with Gasteiger partial charge in [-0.15, -0.1) is 0 Å². The smallest absolute Gasteiger partial charge is 0.324 e. The first-order valence-corrected chi connectivity index (χ1v) is 23.2.